The lowest BCUT2D eigenvalue weighted by molar-refractivity contribution is 0.0544. The summed E-state index contributed by atoms with van der Waals surface area (Å²) in [6, 6.07) is 5.91. The number of piperazine rings is 1. The number of rotatable bonds is 1. The summed E-state index contributed by atoms with van der Waals surface area (Å²) in [4.78, 5) is 23.2. The van der Waals surface area contributed by atoms with E-state index in [1.165, 1.54) is 0 Å². The molecule has 5 nitrogen and oxygen atoms in total. The Balaban J connectivity index is 1.95. The molecule has 5 heteroatoms. The van der Waals surface area contributed by atoms with Gasteiger partial charge < -0.3 is 10.2 Å². The second-order valence-corrected chi connectivity index (χ2v) is 5.33. The average Bonchev–Trinajstić information content (AvgIpc) is 2.46. The van der Waals surface area contributed by atoms with E-state index in [1.54, 1.807) is 12.4 Å². The Morgan fingerprint density at radius 3 is 2.50 bits per heavy atom. The van der Waals surface area contributed by atoms with Crippen molar-refractivity contribution in [1.82, 2.24) is 20.2 Å². The molecule has 3 rings (SSSR count). The van der Waals surface area contributed by atoms with Gasteiger partial charge in [-0.15, -0.1) is 0 Å². The minimum absolute atomic E-state index is 0.0686. The molecule has 2 atom stereocenters. The van der Waals surface area contributed by atoms with Crippen LogP contribution in [0.1, 0.15) is 24.2 Å². The molecule has 1 aromatic heterocycles. The Hall–Kier alpha value is -2.01. The van der Waals surface area contributed by atoms with Gasteiger partial charge in [0.25, 0.3) is 5.91 Å². The quantitative estimate of drug-likeness (QED) is 0.852. The van der Waals surface area contributed by atoms with E-state index >= 15 is 0 Å². The van der Waals surface area contributed by atoms with Crippen molar-refractivity contribution < 1.29 is 4.79 Å². The molecule has 0 saturated carbocycles. The highest BCUT2D eigenvalue weighted by Gasteiger charge is 2.29. The number of carbonyl (C=O) groups is 1. The summed E-state index contributed by atoms with van der Waals surface area (Å²) in [6.45, 7) is 5.82. The Labute approximate surface area is 118 Å². The number of carbonyl (C=O) groups excluding carboxylic acids is 1. The van der Waals surface area contributed by atoms with E-state index < -0.39 is 0 Å². The van der Waals surface area contributed by atoms with Gasteiger partial charge in [-0.2, -0.15) is 0 Å². The highest BCUT2D eigenvalue weighted by atomic mass is 16.2. The number of benzene rings is 1. The highest BCUT2D eigenvalue weighted by molar-refractivity contribution is 5.97. The minimum atomic E-state index is 0.0686. The summed E-state index contributed by atoms with van der Waals surface area (Å²) in [5, 5.41) is 3.33. The van der Waals surface area contributed by atoms with Gasteiger partial charge in [0.15, 0.2) is 0 Å². The van der Waals surface area contributed by atoms with Crippen LogP contribution in [0.4, 0.5) is 0 Å². The molecule has 2 heterocycles. The summed E-state index contributed by atoms with van der Waals surface area (Å²) in [5.41, 5.74) is 2.25. The zero-order valence-electron chi connectivity index (χ0n) is 11.7. The van der Waals surface area contributed by atoms with Gasteiger partial charge in [0.05, 0.1) is 11.0 Å². The molecule has 0 spiro atoms. The largest absolute Gasteiger partial charge is 0.331 e. The Morgan fingerprint density at radius 1 is 1.15 bits per heavy atom. The molecule has 0 aliphatic carbocycles. The molecule has 1 aliphatic rings. The van der Waals surface area contributed by atoms with Crippen LogP contribution in [0.3, 0.4) is 0 Å². The third-order valence-electron chi connectivity index (χ3n) is 3.78. The number of fused-ring (bicyclic) bond motifs is 1. The van der Waals surface area contributed by atoms with Gasteiger partial charge in [0.1, 0.15) is 0 Å². The van der Waals surface area contributed by atoms with Crippen LogP contribution >= 0.6 is 0 Å². The van der Waals surface area contributed by atoms with Crippen LogP contribution in [-0.2, 0) is 0 Å². The number of aromatic nitrogens is 2. The van der Waals surface area contributed by atoms with Crippen LogP contribution in [0.25, 0.3) is 11.0 Å². The van der Waals surface area contributed by atoms with Crippen molar-refractivity contribution in [3.8, 4) is 0 Å². The Bertz CT molecular complexity index is 633. The van der Waals surface area contributed by atoms with Gasteiger partial charge in [-0.25, -0.2) is 0 Å². The first kappa shape index (κ1) is 13.0. The predicted molar refractivity (Wildman–Crippen MR) is 77.5 cm³/mol. The molecular formula is C15H18N4O. The van der Waals surface area contributed by atoms with E-state index in [9.17, 15) is 4.79 Å². The van der Waals surface area contributed by atoms with Gasteiger partial charge in [0, 0.05) is 43.1 Å². The zero-order chi connectivity index (χ0) is 14.1. The summed E-state index contributed by atoms with van der Waals surface area (Å²) in [6.07, 6.45) is 3.30. The van der Waals surface area contributed by atoms with Crippen molar-refractivity contribution >= 4 is 16.9 Å². The van der Waals surface area contributed by atoms with Gasteiger partial charge >= 0.3 is 0 Å². The van der Waals surface area contributed by atoms with Crippen molar-refractivity contribution in [2.45, 2.75) is 25.9 Å². The van der Waals surface area contributed by atoms with Crippen LogP contribution in [0, 0.1) is 0 Å². The second kappa shape index (κ2) is 5.17. The molecule has 20 heavy (non-hydrogen) atoms. The molecule has 1 aromatic carbocycles. The number of amides is 1. The molecule has 1 fully saturated rings. The minimum Gasteiger partial charge on any atom is -0.331 e. The molecule has 0 bridgehead atoms. The fourth-order valence-corrected chi connectivity index (χ4v) is 2.78. The van der Waals surface area contributed by atoms with Crippen LogP contribution in [0.15, 0.2) is 30.6 Å². The standard InChI is InChI=1S/C15H18N4O/c1-10-8-16-9-11(2)19(10)15(20)12-3-4-13-14(7-12)18-6-5-17-13/h3-7,10-11,16H,8-9H2,1-2H3. The van der Waals surface area contributed by atoms with E-state index in [0.717, 1.165) is 24.1 Å². The lowest BCUT2D eigenvalue weighted by atomic mass is 10.1. The van der Waals surface area contributed by atoms with Crippen LogP contribution in [0.5, 0.6) is 0 Å². The first-order chi connectivity index (χ1) is 9.66. The van der Waals surface area contributed by atoms with Crippen LogP contribution < -0.4 is 5.32 Å². The average molecular weight is 270 g/mol. The third-order valence-corrected chi connectivity index (χ3v) is 3.78. The topological polar surface area (TPSA) is 58.1 Å². The Kier molecular flexibility index (Phi) is 3.36. The van der Waals surface area contributed by atoms with Crippen molar-refractivity contribution in [2.75, 3.05) is 13.1 Å². The monoisotopic (exact) mass is 270 g/mol. The number of hydrogen-bond acceptors (Lipinski definition) is 4. The molecule has 1 saturated heterocycles. The van der Waals surface area contributed by atoms with Crippen LogP contribution in [-0.4, -0.2) is 45.9 Å². The van der Waals surface area contributed by atoms with E-state index in [4.69, 9.17) is 0 Å². The molecule has 1 aliphatic heterocycles. The zero-order valence-corrected chi connectivity index (χ0v) is 11.7. The van der Waals surface area contributed by atoms with E-state index in [-0.39, 0.29) is 18.0 Å². The van der Waals surface area contributed by atoms with Crippen molar-refractivity contribution in [2.24, 2.45) is 0 Å². The number of hydrogen-bond donors (Lipinski definition) is 1. The maximum Gasteiger partial charge on any atom is 0.254 e. The van der Waals surface area contributed by atoms with Crippen molar-refractivity contribution in [1.29, 1.82) is 0 Å². The maximum atomic E-state index is 12.7. The molecular weight excluding hydrogens is 252 g/mol. The fourth-order valence-electron chi connectivity index (χ4n) is 2.78. The molecule has 104 valence electrons. The van der Waals surface area contributed by atoms with Crippen molar-refractivity contribution in [3.63, 3.8) is 0 Å². The smallest absolute Gasteiger partial charge is 0.254 e. The van der Waals surface area contributed by atoms with Gasteiger partial charge in [-0.05, 0) is 32.0 Å². The summed E-state index contributed by atoms with van der Waals surface area (Å²) < 4.78 is 0. The normalized spacial score (nSPS) is 23.0. The molecule has 0 radical (unpaired) electrons. The summed E-state index contributed by atoms with van der Waals surface area (Å²) >= 11 is 0. The summed E-state index contributed by atoms with van der Waals surface area (Å²) in [7, 11) is 0. The molecule has 1 amide bonds. The van der Waals surface area contributed by atoms with E-state index in [1.807, 2.05) is 23.1 Å². The first-order valence-corrected chi connectivity index (χ1v) is 6.91. The second-order valence-electron chi connectivity index (χ2n) is 5.33. The van der Waals surface area contributed by atoms with E-state index in [0.29, 0.717) is 5.56 Å². The van der Waals surface area contributed by atoms with Gasteiger partial charge in [-0.3, -0.25) is 14.8 Å². The van der Waals surface area contributed by atoms with Crippen LogP contribution in [0.2, 0.25) is 0 Å². The molecule has 1 N–H and O–H groups in total. The highest BCUT2D eigenvalue weighted by Crippen LogP contribution is 2.17. The number of nitrogens with zero attached hydrogens (tertiary/aromatic N) is 3. The number of nitrogens with one attached hydrogen (secondary N) is 1. The lowest BCUT2D eigenvalue weighted by Crippen LogP contribution is -2.57. The maximum absolute atomic E-state index is 12.7. The van der Waals surface area contributed by atoms with Gasteiger partial charge in [0.2, 0.25) is 0 Å². The summed E-state index contributed by atoms with van der Waals surface area (Å²) in [5.74, 6) is 0.0686. The SMILES string of the molecule is CC1CNCC(C)N1C(=O)c1ccc2nccnc2c1. The fraction of sp³-hybridized carbons (Fsp3) is 0.400. The van der Waals surface area contributed by atoms with E-state index in [2.05, 4.69) is 29.1 Å². The molecule has 2 unspecified atom stereocenters. The first-order valence-electron chi connectivity index (χ1n) is 6.91. The van der Waals surface area contributed by atoms with Crippen molar-refractivity contribution in [3.05, 3.63) is 36.2 Å². The predicted octanol–water partition coefficient (Wildman–Crippen LogP) is 1.45. The third kappa shape index (κ3) is 2.25. The lowest BCUT2D eigenvalue weighted by Gasteiger charge is -2.39. The van der Waals surface area contributed by atoms with Gasteiger partial charge in [-0.1, -0.05) is 0 Å². The molecule has 2 aromatic rings. The Morgan fingerprint density at radius 2 is 1.80 bits per heavy atom.